The molecule has 0 radical (unpaired) electrons. The van der Waals surface area contributed by atoms with Crippen LogP contribution in [0.2, 0.25) is 0 Å². The van der Waals surface area contributed by atoms with E-state index in [-0.39, 0.29) is 5.88 Å². The Balaban J connectivity index is 1.85. The zero-order chi connectivity index (χ0) is 15.5. The van der Waals surface area contributed by atoms with Crippen LogP contribution in [-0.2, 0) is 0 Å². The number of halogens is 2. The molecular formula is C16H14BrClN2O2. The number of alkyl halides is 1. The molecule has 0 fully saturated rings. The average molecular weight is 382 g/mol. The molecule has 114 valence electrons. The van der Waals surface area contributed by atoms with Crippen LogP contribution in [0.4, 0.5) is 5.69 Å². The molecule has 0 aliphatic carbocycles. The number of benzene rings is 2. The predicted molar refractivity (Wildman–Crippen MR) is 92.4 cm³/mol. The number of aliphatic hydroxyl groups is 1. The van der Waals surface area contributed by atoms with Gasteiger partial charge in [0.1, 0.15) is 5.52 Å². The molecule has 6 heteroatoms. The van der Waals surface area contributed by atoms with E-state index in [1.807, 2.05) is 42.5 Å². The zero-order valence-corrected chi connectivity index (χ0v) is 13.9. The lowest BCUT2D eigenvalue weighted by Gasteiger charge is -2.09. The van der Waals surface area contributed by atoms with Crippen molar-refractivity contribution in [3.05, 3.63) is 46.9 Å². The third kappa shape index (κ3) is 3.43. The number of hydrogen-bond donors (Lipinski definition) is 2. The SMILES string of the molecule is OC(CCl)CNc1ccc2oc(-c3ccc(Br)cc3)nc2c1. The number of hydrogen-bond acceptors (Lipinski definition) is 4. The summed E-state index contributed by atoms with van der Waals surface area (Å²) in [6, 6.07) is 13.4. The number of aliphatic hydroxyl groups excluding tert-OH is 1. The summed E-state index contributed by atoms with van der Waals surface area (Å²) in [5.74, 6) is 0.785. The first kappa shape index (κ1) is 15.3. The molecule has 1 unspecified atom stereocenters. The van der Waals surface area contributed by atoms with Crippen molar-refractivity contribution in [3.8, 4) is 11.5 Å². The van der Waals surface area contributed by atoms with Crippen molar-refractivity contribution in [1.82, 2.24) is 4.98 Å². The summed E-state index contributed by atoms with van der Waals surface area (Å²) >= 11 is 8.98. The maximum Gasteiger partial charge on any atom is 0.227 e. The Morgan fingerprint density at radius 1 is 1.23 bits per heavy atom. The molecule has 0 spiro atoms. The van der Waals surface area contributed by atoms with Crippen molar-refractivity contribution in [1.29, 1.82) is 0 Å². The van der Waals surface area contributed by atoms with Gasteiger partial charge in [-0.2, -0.15) is 0 Å². The first-order chi connectivity index (χ1) is 10.7. The van der Waals surface area contributed by atoms with Gasteiger partial charge in [-0.1, -0.05) is 15.9 Å². The van der Waals surface area contributed by atoms with E-state index in [2.05, 4.69) is 26.2 Å². The van der Waals surface area contributed by atoms with Gasteiger partial charge in [0.2, 0.25) is 5.89 Å². The molecule has 22 heavy (non-hydrogen) atoms. The summed E-state index contributed by atoms with van der Waals surface area (Å²) in [4.78, 5) is 4.51. The van der Waals surface area contributed by atoms with Gasteiger partial charge in [0.25, 0.3) is 0 Å². The van der Waals surface area contributed by atoms with Gasteiger partial charge in [-0.15, -0.1) is 11.6 Å². The molecule has 0 bridgehead atoms. The highest BCUT2D eigenvalue weighted by Gasteiger charge is 2.09. The topological polar surface area (TPSA) is 58.3 Å². The number of anilines is 1. The molecule has 0 saturated heterocycles. The van der Waals surface area contributed by atoms with Crippen LogP contribution in [0.1, 0.15) is 0 Å². The van der Waals surface area contributed by atoms with Gasteiger partial charge in [0.15, 0.2) is 5.58 Å². The lowest BCUT2D eigenvalue weighted by atomic mass is 10.2. The van der Waals surface area contributed by atoms with E-state index in [0.29, 0.717) is 12.4 Å². The summed E-state index contributed by atoms with van der Waals surface area (Å²) in [5, 5.41) is 12.6. The Kier molecular flexibility index (Phi) is 4.66. The average Bonchev–Trinajstić information content (AvgIpc) is 2.96. The van der Waals surface area contributed by atoms with Crippen molar-refractivity contribution in [2.75, 3.05) is 17.7 Å². The Hall–Kier alpha value is -1.56. The first-order valence-electron chi connectivity index (χ1n) is 6.80. The number of rotatable bonds is 5. The van der Waals surface area contributed by atoms with Gasteiger partial charge in [-0.05, 0) is 42.5 Å². The Bertz CT molecular complexity index is 773. The van der Waals surface area contributed by atoms with Gasteiger partial charge in [0.05, 0.1) is 12.0 Å². The van der Waals surface area contributed by atoms with Crippen molar-refractivity contribution >= 4 is 44.3 Å². The Labute approximate surface area is 141 Å². The largest absolute Gasteiger partial charge is 0.436 e. The third-order valence-electron chi connectivity index (χ3n) is 3.20. The Morgan fingerprint density at radius 2 is 2.00 bits per heavy atom. The molecule has 4 nitrogen and oxygen atoms in total. The van der Waals surface area contributed by atoms with Crippen LogP contribution >= 0.6 is 27.5 Å². The highest BCUT2D eigenvalue weighted by molar-refractivity contribution is 9.10. The van der Waals surface area contributed by atoms with Gasteiger partial charge in [-0.3, -0.25) is 0 Å². The zero-order valence-electron chi connectivity index (χ0n) is 11.6. The highest BCUT2D eigenvalue weighted by Crippen LogP contribution is 2.27. The van der Waals surface area contributed by atoms with E-state index < -0.39 is 6.10 Å². The Morgan fingerprint density at radius 3 is 2.73 bits per heavy atom. The second-order valence-electron chi connectivity index (χ2n) is 4.90. The highest BCUT2D eigenvalue weighted by atomic mass is 79.9. The normalized spacial score (nSPS) is 12.5. The van der Waals surface area contributed by atoms with E-state index >= 15 is 0 Å². The second-order valence-corrected chi connectivity index (χ2v) is 6.12. The van der Waals surface area contributed by atoms with Crippen molar-refractivity contribution in [2.45, 2.75) is 6.10 Å². The van der Waals surface area contributed by atoms with Gasteiger partial charge >= 0.3 is 0 Å². The fourth-order valence-corrected chi connectivity index (χ4v) is 2.42. The van der Waals surface area contributed by atoms with Crippen LogP contribution in [0.15, 0.2) is 51.4 Å². The van der Waals surface area contributed by atoms with E-state index in [0.717, 1.165) is 26.8 Å². The molecule has 0 saturated carbocycles. The maximum atomic E-state index is 9.48. The van der Waals surface area contributed by atoms with E-state index in [1.54, 1.807) is 0 Å². The molecule has 1 aromatic heterocycles. The summed E-state index contributed by atoms with van der Waals surface area (Å²) in [6.45, 7) is 0.395. The van der Waals surface area contributed by atoms with Crippen molar-refractivity contribution in [2.24, 2.45) is 0 Å². The fraction of sp³-hybridized carbons (Fsp3) is 0.188. The molecule has 1 heterocycles. The van der Waals surface area contributed by atoms with Crippen LogP contribution in [0.25, 0.3) is 22.6 Å². The van der Waals surface area contributed by atoms with E-state index in [4.69, 9.17) is 16.0 Å². The van der Waals surface area contributed by atoms with Crippen LogP contribution in [0.3, 0.4) is 0 Å². The summed E-state index contributed by atoms with van der Waals surface area (Å²) in [7, 11) is 0. The minimum absolute atomic E-state index is 0.201. The first-order valence-corrected chi connectivity index (χ1v) is 8.13. The molecule has 1 atom stereocenters. The monoisotopic (exact) mass is 380 g/mol. The molecule has 0 aliphatic heterocycles. The van der Waals surface area contributed by atoms with E-state index in [9.17, 15) is 5.11 Å². The summed E-state index contributed by atoms with van der Waals surface area (Å²) < 4.78 is 6.78. The van der Waals surface area contributed by atoms with Gasteiger partial charge < -0.3 is 14.8 Å². The van der Waals surface area contributed by atoms with Crippen LogP contribution in [0, 0.1) is 0 Å². The molecule has 0 aliphatic rings. The fourth-order valence-electron chi connectivity index (χ4n) is 2.04. The molecule has 2 aromatic carbocycles. The number of nitrogens with one attached hydrogen (secondary N) is 1. The minimum Gasteiger partial charge on any atom is -0.436 e. The maximum absolute atomic E-state index is 9.48. The molecule has 3 aromatic rings. The van der Waals surface area contributed by atoms with Crippen molar-refractivity contribution in [3.63, 3.8) is 0 Å². The van der Waals surface area contributed by atoms with Gasteiger partial charge in [-0.25, -0.2) is 4.98 Å². The number of aromatic nitrogens is 1. The minimum atomic E-state index is -0.576. The van der Waals surface area contributed by atoms with Crippen LogP contribution in [0.5, 0.6) is 0 Å². The predicted octanol–water partition coefficient (Wildman–Crippen LogP) is 4.27. The lowest BCUT2D eigenvalue weighted by molar-refractivity contribution is 0.211. The smallest absolute Gasteiger partial charge is 0.227 e. The lowest BCUT2D eigenvalue weighted by Crippen LogP contribution is -2.20. The molecule has 3 rings (SSSR count). The van der Waals surface area contributed by atoms with Gasteiger partial charge in [0, 0.05) is 22.3 Å². The summed E-state index contributed by atoms with van der Waals surface area (Å²) in [6.07, 6.45) is -0.576. The molecular weight excluding hydrogens is 368 g/mol. The second kappa shape index (κ2) is 6.69. The third-order valence-corrected chi connectivity index (χ3v) is 4.08. The van der Waals surface area contributed by atoms with Crippen molar-refractivity contribution < 1.29 is 9.52 Å². The number of fused-ring (bicyclic) bond motifs is 1. The van der Waals surface area contributed by atoms with Crippen LogP contribution in [-0.4, -0.2) is 28.6 Å². The van der Waals surface area contributed by atoms with Crippen LogP contribution < -0.4 is 5.32 Å². The quantitative estimate of drug-likeness (QED) is 0.648. The number of nitrogens with zero attached hydrogens (tertiary/aromatic N) is 1. The molecule has 0 amide bonds. The summed E-state index contributed by atoms with van der Waals surface area (Å²) in [5.41, 5.74) is 3.28. The number of oxazole rings is 1. The van der Waals surface area contributed by atoms with E-state index in [1.165, 1.54) is 0 Å². The standard InChI is InChI=1S/C16H14BrClN2O2/c17-11-3-1-10(2-4-11)16-20-14-7-12(5-6-15(14)22-16)19-9-13(21)8-18/h1-7,13,19,21H,8-9H2. The molecule has 2 N–H and O–H groups in total.